The van der Waals surface area contributed by atoms with Gasteiger partial charge in [0.25, 0.3) is 0 Å². The summed E-state index contributed by atoms with van der Waals surface area (Å²) in [5.74, 6) is 0.528. The molecule has 31 heavy (non-hydrogen) atoms. The number of carbonyl (C=O) groups excluding carboxylic acids is 1. The van der Waals surface area contributed by atoms with Crippen LogP contribution < -0.4 is 9.47 Å². The summed E-state index contributed by atoms with van der Waals surface area (Å²) in [4.78, 5) is 26.0. The number of rotatable bonds is 6. The average molecular weight is 421 g/mol. The first kappa shape index (κ1) is 21.1. The van der Waals surface area contributed by atoms with Gasteiger partial charge in [-0.3, -0.25) is 4.79 Å². The topological polar surface area (TPSA) is 76.1 Å². The van der Waals surface area contributed by atoms with E-state index in [0.29, 0.717) is 23.3 Å². The Morgan fingerprint density at radius 1 is 1.19 bits per heavy atom. The molecule has 162 valence electrons. The van der Waals surface area contributed by atoms with Crippen molar-refractivity contribution in [3.05, 3.63) is 65.2 Å². The van der Waals surface area contributed by atoms with Crippen LogP contribution in [0.25, 0.3) is 6.08 Å². The molecular formula is C25H27NO5. The summed E-state index contributed by atoms with van der Waals surface area (Å²) in [5, 5.41) is 8.79. The summed E-state index contributed by atoms with van der Waals surface area (Å²) in [6, 6.07) is 13.5. The van der Waals surface area contributed by atoms with Gasteiger partial charge in [0.1, 0.15) is 17.1 Å². The first-order valence-corrected chi connectivity index (χ1v) is 10.6. The van der Waals surface area contributed by atoms with Gasteiger partial charge in [-0.1, -0.05) is 18.2 Å². The van der Waals surface area contributed by atoms with Gasteiger partial charge < -0.3 is 19.5 Å². The van der Waals surface area contributed by atoms with E-state index in [-0.39, 0.29) is 5.78 Å². The normalized spacial score (nSPS) is 18.0. The lowest BCUT2D eigenvalue weighted by Gasteiger charge is -2.44. The average Bonchev–Trinajstić information content (AvgIpc) is 2.78. The minimum absolute atomic E-state index is 0.0681. The Balaban J connectivity index is 1.35. The number of aliphatic carboxylic acids is 1. The van der Waals surface area contributed by atoms with Crippen molar-refractivity contribution in [2.24, 2.45) is 0 Å². The largest absolute Gasteiger partial charge is 0.497 e. The maximum Gasteiger partial charge on any atom is 0.328 e. The summed E-state index contributed by atoms with van der Waals surface area (Å²) >= 11 is 0. The smallest absolute Gasteiger partial charge is 0.328 e. The number of hydrogen-bond acceptors (Lipinski definition) is 5. The highest BCUT2D eigenvalue weighted by Crippen LogP contribution is 2.39. The van der Waals surface area contributed by atoms with Crippen LogP contribution in [0, 0.1) is 0 Å². The highest BCUT2D eigenvalue weighted by atomic mass is 16.5. The van der Waals surface area contributed by atoms with Gasteiger partial charge in [0.15, 0.2) is 5.78 Å². The molecule has 2 aromatic carbocycles. The minimum Gasteiger partial charge on any atom is -0.497 e. The third-order valence-corrected chi connectivity index (χ3v) is 6.17. The summed E-state index contributed by atoms with van der Waals surface area (Å²) in [6.45, 7) is 2.78. The predicted octanol–water partition coefficient (Wildman–Crippen LogP) is 3.84. The van der Waals surface area contributed by atoms with E-state index in [4.69, 9.17) is 14.6 Å². The van der Waals surface area contributed by atoms with Crippen LogP contribution in [0.5, 0.6) is 11.5 Å². The van der Waals surface area contributed by atoms with E-state index in [2.05, 4.69) is 17.0 Å². The van der Waals surface area contributed by atoms with E-state index >= 15 is 0 Å². The molecule has 0 aromatic heterocycles. The van der Waals surface area contributed by atoms with E-state index in [1.54, 1.807) is 25.3 Å². The Labute approximate surface area is 182 Å². The monoisotopic (exact) mass is 421 g/mol. The Morgan fingerprint density at radius 3 is 2.61 bits per heavy atom. The van der Waals surface area contributed by atoms with Crippen molar-refractivity contribution in [3.63, 3.8) is 0 Å². The highest BCUT2D eigenvalue weighted by Gasteiger charge is 2.42. The van der Waals surface area contributed by atoms with Crippen molar-refractivity contribution in [1.82, 2.24) is 4.90 Å². The van der Waals surface area contributed by atoms with Crippen LogP contribution in [0.3, 0.4) is 0 Å². The van der Waals surface area contributed by atoms with Crippen molar-refractivity contribution in [2.75, 3.05) is 26.7 Å². The molecule has 0 saturated carbocycles. The molecule has 0 atom stereocenters. The lowest BCUT2D eigenvalue weighted by Crippen LogP contribution is -2.51. The number of fused-ring (bicyclic) bond motifs is 1. The molecule has 1 saturated heterocycles. The fourth-order valence-electron chi connectivity index (χ4n) is 4.33. The Morgan fingerprint density at radius 2 is 1.94 bits per heavy atom. The van der Waals surface area contributed by atoms with Crippen LogP contribution in [0.1, 0.15) is 40.7 Å². The van der Waals surface area contributed by atoms with E-state index in [0.717, 1.165) is 50.7 Å². The van der Waals surface area contributed by atoms with Crippen molar-refractivity contribution in [1.29, 1.82) is 0 Å². The molecule has 0 aliphatic carbocycles. The number of nitrogens with zero attached hydrogens (tertiary/aromatic N) is 1. The summed E-state index contributed by atoms with van der Waals surface area (Å²) in [7, 11) is 1.67. The standard InChI is InChI=1S/C25H27NO5/c1-30-20-6-2-18(3-7-20)10-13-26-14-11-25(12-15-26)17-22(27)21-16-19(5-9-24(28)29)4-8-23(21)31-25/h2-9,16H,10-15,17H2,1H3,(H,28,29). The molecule has 0 radical (unpaired) electrons. The molecule has 1 N–H and O–H groups in total. The number of ether oxygens (including phenoxy) is 2. The zero-order chi connectivity index (χ0) is 21.8. The van der Waals surface area contributed by atoms with Crippen LogP contribution in [-0.2, 0) is 11.2 Å². The molecule has 1 spiro atoms. The van der Waals surface area contributed by atoms with Crippen LogP contribution in [0.2, 0.25) is 0 Å². The molecule has 1 fully saturated rings. The maximum atomic E-state index is 12.8. The zero-order valence-electron chi connectivity index (χ0n) is 17.7. The Hall–Kier alpha value is -3.12. The van der Waals surface area contributed by atoms with Crippen molar-refractivity contribution >= 4 is 17.8 Å². The van der Waals surface area contributed by atoms with E-state index in [1.165, 1.54) is 11.6 Å². The lowest BCUT2D eigenvalue weighted by atomic mass is 9.82. The van der Waals surface area contributed by atoms with Crippen LogP contribution in [-0.4, -0.2) is 54.1 Å². The van der Waals surface area contributed by atoms with E-state index in [9.17, 15) is 9.59 Å². The van der Waals surface area contributed by atoms with E-state index in [1.807, 2.05) is 12.1 Å². The molecule has 2 aliphatic heterocycles. The molecule has 2 aliphatic rings. The fourth-order valence-corrected chi connectivity index (χ4v) is 4.33. The SMILES string of the molecule is COc1ccc(CCN2CCC3(CC2)CC(=O)c2cc(C=CC(=O)O)ccc2O3)cc1. The first-order chi connectivity index (χ1) is 15.0. The molecule has 0 unspecified atom stereocenters. The first-order valence-electron chi connectivity index (χ1n) is 10.6. The number of likely N-dealkylation sites (tertiary alicyclic amines) is 1. The van der Waals surface area contributed by atoms with Gasteiger partial charge in [-0.05, 0) is 47.9 Å². The number of carboxylic acids is 1. The lowest BCUT2D eigenvalue weighted by molar-refractivity contribution is -0.131. The van der Waals surface area contributed by atoms with E-state index < -0.39 is 11.6 Å². The molecule has 0 amide bonds. The van der Waals surface area contributed by atoms with Gasteiger partial charge in [0.2, 0.25) is 0 Å². The zero-order valence-corrected chi connectivity index (χ0v) is 17.7. The third-order valence-electron chi connectivity index (χ3n) is 6.17. The molecule has 6 nitrogen and oxygen atoms in total. The van der Waals surface area contributed by atoms with Gasteiger partial charge >= 0.3 is 5.97 Å². The van der Waals surface area contributed by atoms with Crippen molar-refractivity contribution in [3.8, 4) is 11.5 Å². The molecule has 2 heterocycles. The minimum atomic E-state index is -1.02. The number of methoxy groups -OCH3 is 1. The van der Waals surface area contributed by atoms with Gasteiger partial charge in [-0.15, -0.1) is 0 Å². The van der Waals surface area contributed by atoms with Crippen LogP contribution in [0.4, 0.5) is 0 Å². The Bertz CT molecular complexity index is 987. The van der Waals surface area contributed by atoms with Gasteiger partial charge in [0, 0.05) is 38.6 Å². The second-order valence-corrected chi connectivity index (χ2v) is 8.25. The molecule has 0 bridgehead atoms. The molecule has 6 heteroatoms. The summed E-state index contributed by atoms with van der Waals surface area (Å²) < 4.78 is 11.6. The summed E-state index contributed by atoms with van der Waals surface area (Å²) in [5.41, 5.74) is 2.08. The second-order valence-electron chi connectivity index (χ2n) is 8.25. The number of carbonyl (C=O) groups is 2. The maximum absolute atomic E-state index is 12.8. The van der Waals surface area contributed by atoms with Crippen molar-refractivity contribution < 1.29 is 24.2 Å². The number of Topliss-reactive ketones (excluding diaryl/α,β-unsaturated/α-hetero) is 1. The second kappa shape index (κ2) is 8.94. The number of ketones is 1. The number of carboxylic acid groups (broad SMARTS) is 1. The summed E-state index contributed by atoms with van der Waals surface area (Å²) in [6.07, 6.45) is 5.55. The highest BCUT2D eigenvalue weighted by molar-refractivity contribution is 6.01. The van der Waals surface area contributed by atoms with Crippen molar-refractivity contribution in [2.45, 2.75) is 31.3 Å². The fraction of sp³-hybridized carbons (Fsp3) is 0.360. The van der Waals surface area contributed by atoms with Crippen LogP contribution >= 0.6 is 0 Å². The third kappa shape index (κ3) is 4.97. The Kier molecular flexibility index (Phi) is 6.09. The molecule has 4 rings (SSSR count). The van der Waals surface area contributed by atoms with Gasteiger partial charge in [-0.2, -0.15) is 0 Å². The van der Waals surface area contributed by atoms with Gasteiger partial charge in [0.05, 0.1) is 19.1 Å². The predicted molar refractivity (Wildman–Crippen MR) is 118 cm³/mol. The van der Waals surface area contributed by atoms with Crippen LogP contribution in [0.15, 0.2) is 48.5 Å². The van der Waals surface area contributed by atoms with Gasteiger partial charge in [-0.25, -0.2) is 4.79 Å². The number of hydrogen-bond donors (Lipinski definition) is 1. The molecule has 2 aromatic rings. The molecular weight excluding hydrogens is 394 g/mol. The number of piperidine rings is 1. The quantitative estimate of drug-likeness (QED) is 0.715. The number of benzene rings is 2.